The number of benzene rings is 1. The van der Waals surface area contributed by atoms with Crippen molar-refractivity contribution in [1.82, 2.24) is 4.90 Å². The molecule has 114 valence electrons. The highest BCUT2D eigenvalue weighted by Crippen LogP contribution is 2.27. The van der Waals surface area contributed by atoms with Crippen molar-refractivity contribution in [3.05, 3.63) is 29.8 Å². The second-order valence-electron chi connectivity index (χ2n) is 5.57. The lowest BCUT2D eigenvalue weighted by atomic mass is 9.98. The van der Waals surface area contributed by atoms with Gasteiger partial charge in [0, 0.05) is 18.3 Å². The summed E-state index contributed by atoms with van der Waals surface area (Å²) in [5.41, 5.74) is 1.70. The number of rotatable bonds is 6. The second-order valence-corrected chi connectivity index (χ2v) is 5.57. The minimum atomic E-state index is -0.803. The zero-order valence-corrected chi connectivity index (χ0v) is 12.5. The number of carbonyl (C=O) groups excluding carboxylic acids is 1. The maximum absolute atomic E-state index is 12.1. The number of urea groups is 1. The Morgan fingerprint density at radius 1 is 1.33 bits per heavy atom. The normalized spacial score (nSPS) is 15.3. The molecule has 2 N–H and O–H groups in total. The highest BCUT2D eigenvalue weighted by atomic mass is 16.4. The first-order valence-corrected chi connectivity index (χ1v) is 7.40. The average molecular weight is 290 g/mol. The van der Waals surface area contributed by atoms with Crippen LogP contribution < -0.4 is 5.32 Å². The third-order valence-corrected chi connectivity index (χ3v) is 3.80. The first-order chi connectivity index (χ1) is 10.0. The Bertz CT molecular complexity index is 509. The first kappa shape index (κ1) is 15.4. The van der Waals surface area contributed by atoms with E-state index in [1.54, 1.807) is 0 Å². The van der Waals surface area contributed by atoms with Crippen LogP contribution in [-0.2, 0) is 4.79 Å². The second kappa shape index (κ2) is 6.61. The van der Waals surface area contributed by atoms with Crippen LogP contribution in [0.4, 0.5) is 10.5 Å². The number of hydrogen-bond acceptors (Lipinski definition) is 2. The van der Waals surface area contributed by atoms with Crippen LogP contribution in [0.1, 0.15) is 44.6 Å². The molecule has 0 radical (unpaired) electrons. The zero-order valence-electron chi connectivity index (χ0n) is 12.5. The minimum absolute atomic E-state index is 0.0362. The smallest absolute Gasteiger partial charge is 0.322 e. The van der Waals surface area contributed by atoms with Crippen LogP contribution >= 0.6 is 0 Å². The maximum Gasteiger partial charge on any atom is 0.322 e. The van der Waals surface area contributed by atoms with E-state index >= 15 is 0 Å². The predicted octanol–water partition coefficient (Wildman–Crippen LogP) is 3.28. The Kier molecular flexibility index (Phi) is 4.83. The molecule has 0 bridgehead atoms. The summed E-state index contributed by atoms with van der Waals surface area (Å²) in [6, 6.07) is 7.72. The van der Waals surface area contributed by atoms with E-state index in [4.69, 9.17) is 5.11 Å². The molecule has 1 unspecified atom stereocenters. The summed E-state index contributed by atoms with van der Waals surface area (Å²) >= 11 is 0. The molecule has 1 aliphatic rings. The average Bonchev–Trinajstić information content (AvgIpc) is 3.24. The number of nitrogens with zero attached hydrogens (tertiary/aromatic N) is 1. The molecule has 2 amide bonds. The Hall–Kier alpha value is -2.04. The Morgan fingerprint density at radius 2 is 1.95 bits per heavy atom. The van der Waals surface area contributed by atoms with Crippen molar-refractivity contribution in [2.45, 2.75) is 45.1 Å². The van der Waals surface area contributed by atoms with E-state index in [2.05, 4.69) is 5.32 Å². The Labute approximate surface area is 125 Å². The fourth-order valence-corrected chi connectivity index (χ4v) is 2.42. The zero-order chi connectivity index (χ0) is 15.4. The third kappa shape index (κ3) is 4.21. The SMILES string of the molecule is CCN(C(=O)Nc1ccc(C(C)CC(=O)O)cc1)C1CC1. The molecule has 0 heterocycles. The molecule has 1 aromatic carbocycles. The summed E-state index contributed by atoms with van der Waals surface area (Å²) in [5.74, 6) is -0.839. The summed E-state index contributed by atoms with van der Waals surface area (Å²) in [4.78, 5) is 24.7. The van der Waals surface area contributed by atoms with E-state index in [9.17, 15) is 9.59 Å². The van der Waals surface area contributed by atoms with Crippen molar-refractivity contribution in [1.29, 1.82) is 0 Å². The van der Waals surface area contributed by atoms with Gasteiger partial charge in [-0.2, -0.15) is 0 Å². The van der Waals surface area contributed by atoms with Crippen LogP contribution in [0.2, 0.25) is 0 Å². The molecule has 5 nitrogen and oxygen atoms in total. The van der Waals surface area contributed by atoms with Crippen molar-refractivity contribution in [2.75, 3.05) is 11.9 Å². The number of carboxylic acid groups (broad SMARTS) is 1. The molecule has 1 aliphatic carbocycles. The van der Waals surface area contributed by atoms with Crippen LogP contribution in [0.15, 0.2) is 24.3 Å². The predicted molar refractivity (Wildman–Crippen MR) is 81.5 cm³/mol. The van der Waals surface area contributed by atoms with Crippen LogP contribution in [0, 0.1) is 0 Å². The molecule has 1 atom stereocenters. The maximum atomic E-state index is 12.1. The van der Waals surface area contributed by atoms with Gasteiger partial charge in [0.2, 0.25) is 0 Å². The Morgan fingerprint density at radius 3 is 2.43 bits per heavy atom. The fraction of sp³-hybridized carbons (Fsp3) is 0.500. The van der Waals surface area contributed by atoms with Crippen molar-refractivity contribution >= 4 is 17.7 Å². The molecule has 1 saturated carbocycles. The first-order valence-electron chi connectivity index (χ1n) is 7.40. The van der Waals surface area contributed by atoms with Gasteiger partial charge in [-0.25, -0.2) is 4.79 Å². The van der Waals surface area contributed by atoms with E-state index in [0.717, 1.165) is 24.1 Å². The van der Waals surface area contributed by atoms with Gasteiger partial charge in [-0.1, -0.05) is 19.1 Å². The molecule has 0 saturated heterocycles. The van der Waals surface area contributed by atoms with E-state index < -0.39 is 5.97 Å². The number of hydrogen-bond donors (Lipinski definition) is 2. The highest BCUT2D eigenvalue weighted by Gasteiger charge is 2.31. The fourth-order valence-electron chi connectivity index (χ4n) is 2.42. The van der Waals surface area contributed by atoms with Gasteiger partial charge in [0.05, 0.1) is 6.42 Å². The van der Waals surface area contributed by atoms with E-state index in [1.807, 2.05) is 43.0 Å². The third-order valence-electron chi connectivity index (χ3n) is 3.80. The monoisotopic (exact) mass is 290 g/mol. The van der Waals surface area contributed by atoms with Crippen LogP contribution in [0.5, 0.6) is 0 Å². The number of aliphatic carboxylic acids is 1. The summed E-state index contributed by atoms with van der Waals surface area (Å²) in [6.45, 7) is 4.58. The number of carboxylic acids is 1. The summed E-state index contributed by atoms with van der Waals surface area (Å²) < 4.78 is 0. The number of anilines is 1. The van der Waals surface area contributed by atoms with Gasteiger partial charge >= 0.3 is 12.0 Å². The summed E-state index contributed by atoms with van der Waals surface area (Å²) in [5, 5.41) is 11.7. The van der Waals surface area contributed by atoms with E-state index in [0.29, 0.717) is 12.6 Å². The van der Waals surface area contributed by atoms with Gasteiger partial charge < -0.3 is 15.3 Å². The molecular formula is C16H22N2O3. The van der Waals surface area contributed by atoms with E-state index in [-0.39, 0.29) is 18.4 Å². The number of amides is 2. The lowest BCUT2D eigenvalue weighted by Gasteiger charge is -2.21. The molecule has 1 aromatic rings. The van der Waals surface area contributed by atoms with Crippen molar-refractivity contribution in [3.63, 3.8) is 0 Å². The minimum Gasteiger partial charge on any atom is -0.481 e. The van der Waals surface area contributed by atoms with Crippen molar-refractivity contribution in [3.8, 4) is 0 Å². The van der Waals surface area contributed by atoms with Gasteiger partial charge in [0.15, 0.2) is 0 Å². The molecular weight excluding hydrogens is 268 g/mol. The number of nitrogens with one attached hydrogen (secondary N) is 1. The molecule has 21 heavy (non-hydrogen) atoms. The van der Waals surface area contributed by atoms with Crippen molar-refractivity contribution < 1.29 is 14.7 Å². The van der Waals surface area contributed by atoms with Gasteiger partial charge in [0.25, 0.3) is 0 Å². The quantitative estimate of drug-likeness (QED) is 0.844. The Balaban J connectivity index is 1.95. The highest BCUT2D eigenvalue weighted by molar-refractivity contribution is 5.89. The lowest BCUT2D eigenvalue weighted by molar-refractivity contribution is -0.137. The topological polar surface area (TPSA) is 69.6 Å². The van der Waals surface area contributed by atoms with Gasteiger partial charge in [-0.15, -0.1) is 0 Å². The van der Waals surface area contributed by atoms with Gasteiger partial charge in [0.1, 0.15) is 0 Å². The summed E-state index contributed by atoms with van der Waals surface area (Å²) in [7, 11) is 0. The summed E-state index contributed by atoms with van der Waals surface area (Å²) in [6.07, 6.45) is 2.29. The van der Waals surface area contributed by atoms with Gasteiger partial charge in [-0.3, -0.25) is 4.79 Å². The molecule has 1 fully saturated rings. The standard InChI is InChI=1S/C16H22N2O3/c1-3-18(14-8-9-14)16(21)17-13-6-4-12(5-7-13)11(2)10-15(19)20/h4-7,11,14H,3,8-10H2,1-2H3,(H,17,21)(H,19,20). The molecule has 0 aromatic heterocycles. The van der Waals surface area contributed by atoms with Crippen LogP contribution in [-0.4, -0.2) is 34.6 Å². The largest absolute Gasteiger partial charge is 0.481 e. The molecule has 0 spiro atoms. The van der Waals surface area contributed by atoms with Crippen LogP contribution in [0.25, 0.3) is 0 Å². The molecule has 2 rings (SSSR count). The number of carbonyl (C=O) groups is 2. The van der Waals surface area contributed by atoms with Crippen molar-refractivity contribution in [2.24, 2.45) is 0 Å². The van der Waals surface area contributed by atoms with Crippen LogP contribution in [0.3, 0.4) is 0 Å². The molecule has 0 aliphatic heterocycles. The molecule has 5 heteroatoms. The van der Waals surface area contributed by atoms with Gasteiger partial charge in [-0.05, 0) is 43.4 Å². The lowest BCUT2D eigenvalue weighted by Crippen LogP contribution is -2.36. The van der Waals surface area contributed by atoms with E-state index in [1.165, 1.54) is 0 Å².